The van der Waals surface area contributed by atoms with Gasteiger partial charge in [-0.1, -0.05) is 16.8 Å². The predicted octanol–water partition coefficient (Wildman–Crippen LogP) is 2.99. The minimum Gasteiger partial charge on any atom is -0.434 e. The highest BCUT2D eigenvalue weighted by Crippen LogP contribution is 2.33. The van der Waals surface area contributed by atoms with Gasteiger partial charge in [0.1, 0.15) is 5.75 Å². The van der Waals surface area contributed by atoms with E-state index in [0.717, 1.165) is 13.1 Å². The average molecular weight is 381 g/mol. The largest absolute Gasteiger partial charge is 0.434 e. The van der Waals surface area contributed by atoms with Crippen LogP contribution in [0, 0.1) is 0 Å². The third kappa shape index (κ3) is 4.13. The second-order valence-corrected chi connectivity index (χ2v) is 5.61. The number of aromatic nitrogens is 2. The minimum absolute atomic E-state index is 0. The summed E-state index contributed by atoms with van der Waals surface area (Å²) in [6, 6.07) is 4.22. The van der Waals surface area contributed by atoms with Gasteiger partial charge in [-0.3, -0.25) is 4.90 Å². The first kappa shape index (κ1) is 18.9. The van der Waals surface area contributed by atoms with Crippen LogP contribution in [0.3, 0.4) is 0 Å². The van der Waals surface area contributed by atoms with Crippen molar-refractivity contribution in [1.29, 1.82) is 0 Å². The molecule has 2 aromatic rings. The van der Waals surface area contributed by atoms with E-state index in [0.29, 0.717) is 17.4 Å². The molecule has 0 radical (unpaired) electrons. The highest BCUT2D eigenvalue weighted by atomic mass is 35.5. The maximum atomic E-state index is 12.5. The van der Waals surface area contributed by atoms with Gasteiger partial charge in [0.05, 0.1) is 11.6 Å². The number of alkyl halides is 2. The van der Waals surface area contributed by atoms with Gasteiger partial charge in [0.2, 0.25) is 0 Å². The first-order valence-electron chi connectivity index (χ1n) is 7.04. The van der Waals surface area contributed by atoms with Gasteiger partial charge in [0.15, 0.2) is 5.82 Å². The van der Waals surface area contributed by atoms with Crippen molar-refractivity contribution in [2.24, 2.45) is 0 Å². The topological polar surface area (TPSA) is 63.4 Å². The Morgan fingerprint density at radius 3 is 2.96 bits per heavy atom. The van der Waals surface area contributed by atoms with Crippen LogP contribution in [-0.2, 0) is 0 Å². The molecule has 0 bridgehead atoms. The van der Waals surface area contributed by atoms with Gasteiger partial charge in [-0.15, -0.1) is 12.4 Å². The number of likely N-dealkylation sites (N-methyl/N-ethyl adjacent to an activating group) is 1. The van der Waals surface area contributed by atoms with Gasteiger partial charge >= 0.3 is 6.61 Å². The number of benzene rings is 1. The van der Waals surface area contributed by atoms with Crippen LogP contribution in [-0.4, -0.2) is 48.3 Å². The molecule has 1 saturated heterocycles. The monoisotopic (exact) mass is 380 g/mol. The molecule has 1 aliphatic heterocycles. The van der Waals surface area contributed by atoms with Crippen LogP contribution < -0.4 is 10.1 Å². The molecule has 0 amide bonds. The molecule has 10 heteroatoms. The van der Waals surface area contributed by atoms with E-state index >= 15 is 0 Å². The van der Waals surface area contributed by atoms with E-state index in [-0.39, 0.29) is 35.7 Å². The molecule has 0 spiro atoms. The molecule has 0 saturated carbocycles. The molecule has 1 unspecified atom stereocenters. The molecule has 1 aromatic heterocycles. The molecule has 1 aliphatic rings. The lowest BCUT2D eigenvalue weighted by Gasteiger charge is -2.30. The summed E-state index contributed by atoms with van der Waals surface area (Å²) < 4.78 is 34.8. The van der Waals surface area contributed by atoms with Crippen molar-refractivity contribution in [3.63, 3.8) is 0 Å². The number of rotatable bonds is 4. The summed E-state index contributed by atoms with van der Waals surface area (Å²) >= 11 is 5.93. The smallest absolute Gasteiger partial charge is 0.387 e. The maximum absolute atomic E-state index is 12.5. The molecule has 1 aromatic carbocycles. The molecule has 1 N–H and O–H groups in total. The molecule has 132 valence electrons. The average Bonchev–Trinajstić information content (AvgIpc) is 2.98. The molecule has 0 aliphatic carbocycles. The molecule has 2 heterocycles. The van der Waals surface area contributed by atoms with Gasteiger partial charge < -0.3 is 14.6 Å². The quantitative estimate of drug-likeness (QED) is 0.879. The van der Waals surface area contributed by atoms with Crippen molar-refractivity contribution in [1.82, 2.24) is 20.4 Å². The number of hydrogen-bond acceptors (Lipinski definition) is 6. The summed E-state index contributed by atoms with van der Waals surface area (Å²) in [4.78, 5) is 6.42. The van der Waals surface area contributed by atoms with Crippen LogP contribution in [0.1, 0.15) is 11.9 Å². The fourth-order valence-electron chi connectivity index (χ4n) is 2.44. The molecule has 1 atom stereocenters. The number of ether oxygens (including phenoxy) is 1. The van der Waals surface area contributed by atoms with E-state index in [1.807, 2.05) is 7.05 Å². The van der Waals surface area contributed by atoms with E-state index in [2.05, 4.69) is 25.1 Å². The molecular weight excluding hydrogens is 365 g/mol. The van der Waals surface area contributed by atoms with Crippen molar-refractivity contribution in [3.8, 4) is 17.2 Å². The highest BCUT2D eigenvalue weighted by molar-refractivity contribution is 6.30. The second-order valence-electron chi connectivity index (χ2n) is 5.18. The number of nitrogens with one attached hydrogen (secondary N) is 1. The van der Waals surface area contributed by atoms with Gasteiger partial charge in [-0.25, -0.2) is 0 Å². The van der Waals surface area contributed by atoms with Gasteiger partial charge in [0.25, 0.3) is 5.89 Å². The van der Waals surface area contributed by atoms with E-state index in [9.17, 15) is 8.78 Å². The van der Waals surface area contributed by atoms with Gasteiger partial charge in [0, 0.05) is 24.7 Å². The second kappa shape index (κ2) is 8.06. The SMILES string of the molecule is CN1CCNCC1c1noc(-c2cc(Cl)ccc2OC(F)F)n1.Cl. The summed E-state index contributed by atoms with van der Waals surface area (Å²) in [7, 11) is 1.96. The van der Waals surface area contributed by atoms with E-state index < -0.39 is 6.61 Å². The highest BCUT2D eigenvalue weighted by Gasteiger charge is 2.26. The van der Waals surface area contributed by atoms with Crippen LogP contribution >= 0.6 is 24.0 Å². The number of piperazine rings is 1. The van der Waals surface area contributed by atoms with Crippen LogP contribution in [0.15, 0.2) is 22.7 Å². The van der Waals surface area contributed by atoms with E-state index in [1.54, 1.807) is 0 Å². The molecular formula is C14H16Cl2F2N4O2. The molecule has 3 rings (SSSR count). The Morgan fingerprint density at radius 2 is 2.25 bits per heavy atom. The third-order valence-corrected chi connectivity index (χ3v) is 3.87. The van der Waals surface area contributed by atoms with Crippen molar-refractivity contribution in [3.05, 3.63) is 29.0 Å². The van der Waals surface area contributed by atoms with Crippen molar-refractivity contribution >= 4 is 24.0 Å². The van der Waals surface area contributed by atoms with E-state index in [4.69, 9.17) is 16.1 Å². The van der Waals surface area contributed by atoms with Gasteiger partial charge in [-0.05, 0) is 25.2 Å². The lowest BCUT2D eigenvalue weighted by atomic mass is 10.2. The van der Waals surface area contributed by atoms with E-state index in [1.165, 1.54) is 18.2 Å². The van der Waals surface area contributed by atoms with Crippen molar-refractivity contribution < 1.29 is 18.0 Å². The molecule has 6 nitrogen and oxygen atoms in total. The first-order chi connectivity index (χ1) is 11.0. The fourth-order valence-corrected chi connectivity index (χ4v) is 2.61. The number of hydrogen-bond donors (Lipinski definition) is 1. The Balaban J connectivity index is 0.00000208. The Hall–Kier alpha value is -1.48. The summed E-state index contributed by atoms with van der Waals surface area (Å²) in [5, 5.41) is 7.57. The lowest BCUT2D eigenvalue weighted by molar-refractivity contribution is -0.0495. The Kier molecular flexibility index (Phi) is 6.34. The predicted molar refractivity (Wildman–Crippen MR) is 86.9 cm³/mol. The van der Waals surface area contributed by atoms with Crippen LogP contribution in [0.25, 0.3) is 11.5 Å². The van der Waals surface area contributed by atoms with Gasteiger partial charge in [-0.2, -0.15) is 13.8 Å². The van der Waals surface area contributed by atoms with Crippen molar-refractivity contribution in [2.45, 2.75) is 12.7 Å². The Bertz CT molecular complexity index is 687. The zero-order valence-corrected chi connectivity index (χ0v) is 14.3. The number of halogens is 4. The van der Waals surface area contributed by atoms with Crippen LogP contribution in [0.4, 0.5) is 8.78 Å². The maximum Gasteiger partial charge on any atom is 0.387 e. The normalized spacial score (nSPS) is 18.5. The minimum atomic E-state index is -2.95. The van der Waals surface area contributed by atoms with Crippen LogP contribution in [0.2, 0.25) is 5.02 Å². The summed E-state index contributed by atoms with van der Waals surface area (Å²) in [6.45, 7) is -0.527. The Labute approximate surface area is 148 Å². The van der Waals surface area contributed by atoms with Crippen LogP contribution in [0.5, 0.6) is 5.75 Å². The summed E-state index contributed by atoms with van der Waals surface area (Å²) in [6.07, 6.45) is 0. The lowest BCUT2D eigenvalue weighted by Crippen LogP contribution is -2.44. The summed E-state index contributed by atoms with van der Waals surface area (Å²) in [5.41, 5.74) is 0.239. The Morgan fingerprint density at radius 1 is 1.46 bits per heavy atom. The summed E-state index contributed by atoms with van der Waals surface area (Å²) in [5.74, 6) is 0.518. The van der Waals surface area contributed by atoms with Crippen molar-refractivity contribution in [2.75, 3.05) is 26.7 Å². The zero-order chi connectivity index (χ0) is 16.4. The zero-order valence-electron chi connectivity index (χ0n) is 12.7. The standard InChI is InChI=1S/C14H15ClF2N4O2.ClH/c1-21-5-4-18-7-10(21)12-19-13(23-20-12)9-6-8(15)2-3-11(9)22-14(16)17;/h2-3,6,10,14,18H,4-5,7H2,1H3;1H. The third-order valence-electron chi connectivity index (χ3n) is 3.64. The molecule has 24 heavy (non-hydrogen) atoms. The fraction of sp³-hybridized carbons (Fsp3) is 0.429. The molecule has 1 fully saturated rings. The number of nitrogens with zero attached hydrogens (tertiary/aromatic N) is 3. The first-order valence-corrected chi connectivity index (χ1v) is 7.41.